The summed E-state index contributed by atoms with van der Waals surface area (Å²) in [4.78, 5) is 11.3. The van der Waals surface area contributed by atoms with Gasteiger partial charge in [-0.3, -0.25) is 4.79 Å². The third-order valence-electron chi connectivity index (χ3n) is 4.88. The molecule has 3 rings (SSSR count). The predicted octanol–water partition coefficient (Wildman–Crippen LogP) is 3.01. The van der Waals surface area contributed by atoms with Crippen molar-refractivity contribution in [1.82, 2.24) is 4.31 Å². The van der Waals surface area contributed by atoms with E-state index < -0.39 is 32.2 Å². The molecule has 0 amide bonds. The zero-order valence-electron chi connectivity index (χ0n) is 11.9. The number of sulfonamides is 1. The normalized spacial score (nSPS) is 28.0. The molecule has 1 aromatic rings. The summed E-state index contributed by atoms with van der Waals surface area (Å²) >= 11 is 11.4. The minimum atomic E-state index is -4.08. The SMILES string of the molecule is O=C(O)[C@@]12CCC[C@H]1CN(S(=O)(=O)c1ccc(Cl)c(F)c1Cl)C2. The van der Waals surface area contributed by atoms with Crippen LogP contribution in [-0.4, -0.2) is 36.9 Å². The molecule has 0 spiro atoms. The summed E-state index contributed by atoms with van der Waals surface area (Å²) in [5.74, 6) is -2.21. The van der Waals surface area contributed by atoms with E-state index in [-0.39, 0.29) is 28.9 Å². The van der Waals surface area contributed by atoms with Crippen molar-refractivity contribution in [1.29, 1.82) is 0 Å². The largest absolute Gasteiger partial charge is 0.481 e. The van der Waals surface area contributed by atoms with Gasteiger partial charge in [-0.05, 0) is 30.9 Å². The van der Waals surface area contributed by atoms with Crippen molar-refractivity contribution < 1.29 is 22.7 Å². The number of rotatable bonds is 3. The van der Waals surface area contributed by atoms with Crippen LogP contribution in [0.3, 0.4) is 0 Å². The van der Waals surface area contributed by atoms with Gasteiger partial charge in [0.2, 0.25) is 10.0 Å². The molecule has 5 nitrogen and oxygen atoms in total. The monoisotopic (exact) mass is 381 g/mol. The Balaban J connectivity index is 2.00. The van der Waals surface area contributed by atoms with Crippen molar-refractivity contribution in [3.05, 3.63) is 28.0 Å². The van der Waals surface area contributed by atoms with Gasteiger partial charge < -0.3 is 5.11 Å². The molecule has 1 aliphatic heterocycles. The lowest BCUT2D eigenvalue weighted by Crippen LogP contribution is -2.37. The van der Waals surface area contributed by atoms with Crippen LogP contribution in [0.25, 0.3) is 0 Å². The van der Waals surface area contributed by atoms with Crippen molar-refractivity contribution in [2.24, 2.45) is 11.3 Å². The smallest absolute Gasteiger partial charge is 0.311 e. The number of carboxylic acid groups (broad SMARTS) is 1. The van der Waals surface area contributed by atoms with Gasteiger partial charge >= 0.3 is 5.97 Å². The van der Waals surface area contributed by atoms with E-state index in [4.69, 9.17) is 23.2 Å². The Bertz CT molecular complexity index is 785. The number of hydrogen-bond acceptors (Lipinski definition) is 3. The summed E-state index contributed by atoms with van der Waals surface area (Å²) in [5, 5.41) is 8.70. The molecule has 2 fully saturated rings. The quantitative estimate of drug-likeness (QED) is 0.816. The van der Waals surface area contributed by atoms with Crippen LogP contribution >= 0.6 is 23.2 Å². The molecule has 0 bridgehead atoms. The predicted molar refractivity (Wildman–Crippen MR) is 82.6 cm³/mol. The molecule has 1 saturated carbocycles. The Labute approximate surface area is 143 Å². The molecule has 0 unspecified atom stereocenters. The molecule has 23 heavy (non-hydrogen) atoms. The number of hydrogen-bond donors (Lipinski definition) is 1. The first-order valence-electron chi connectivity index (χ1n) is 7.07. The molecule has 2 atom stereocenters. The zero-order chi connectivity index (χ0) is 17.0. The van der Waals surface area contributed by atoms with E-state index in [1.807, 2.05) is 0 Å². The molecule has 9 heteroatoms. The van der Waals surface area contributed by atoms with Crippen LogP contribution in [0.4, 0.5) is 4.39 Å². The highest BCUT2D eigenvalue weighted by atomic mass is 35.5. The molecule has 0 radical (unpaired) electrons. The first-order valence-corrected chi connectivity index (χ1v) is 9.27. The van der Waals surface area contributed by atoms with E-state index in [1.54, 1.807) is 0 Å². The van der Waals surface area contributed by atoms with Gasteiger partial charge in [-0.2, -0.15) is 4.31 Å². The number of fused-ring (bicyclic) bond motifs is 1. The topological polar surface area (TPSA) is 74.7 Å². The van der Waals surface area contributed by atoms with Crippen LogP contribution < -0.4 is 0 Å². The van der Waals surface area contributed by atoms with Crippen LogP contribution in [0.5, 0.6) is 0 Å². The Hall–Kier alpha value is -0.890. The minimum absolute atomic E-state index is 0.106. The summed E-state index contributed by atoms with van der Waals surface area (Å²) in [6.07, 6.45) is 1.88. The number of carbonyl (C=O) groups is 1. The molecule has 1 aliphatic carbocycles. The second-order valence-corrected chi connectivity index (χ2v) is 8.71. The molecular weight excluding hydrogens is 368 g/mol. The highest BCUT2D eigenvalue weighted by Crippen LogP contribution is 2.50. The standard InChI is InChI=1S/C14H14Cl2FNO4S/c15-9-3-4-10(11(16)12(9)17)23(21,22)18-6-8-2-1-5-14(8,7-18)13(19)20/h3-4,8H,1-2,5-7H2,(H,19,20)/t8-,14+/m0/s1. The van der Waals surface area contributed by atoms with Gasteiger partial charge in [0, 0.05) is 13.1 Å². The average molecular weight is 382 g/mol. The van der Waals surface area contributed by atoms with Crippen molar-refractivity contribution in [3.63, 3.8) is 0 Å². The van der Waals surface area contributed by atoms with Gasteiger partial charge in [-0.25, -0.2) is 12.8 Å². The fraction of sp³-hybridized carbons (Fsp3) is 0.500. The van der Waals surface area contributed by atoms with Gasteiger partial charge in [0.25, 0.3) is 0 Å². The van der Waals surface area contributed by atoms with Gasteiger partial charge in [0.05, 0.1) is 15.5 Å². The minimum Gasteiger partial charge on any atom is -0.481 e. The second kappa shape index (κ2) is 5.58. The fourth-order valence-corrected chi connectivity index (χ4v) is 5.90. The van der Waals surface area contributed by atoms with Gasteiger partial charge in [-0.15, -0.1) is 0 Å². The summed E-state index contributed by atoms with van der Waals surface area (Å²) in [6.45, 7) is -0.00881. The summed E-state index contributed by atoms with van der Waals surface area (Å²) < 4.78 is 40.4. The van der Waals surface area contributed by atoms with Crippen molar-refractivity contribution >= 4 is 39.2 Å². The molecule has 1 N–H and O–H groups in total. The first kappa shape index (κ1) is 17.0. The summed E-state index contributed by atoms with van der Waals surface area (Å²) in [6, 6.07) is 2.27. The van der Waals surface area contributed by atoms with Crippen LogP contribution in [-0.2, 0) is 14.8 Å². The van der Waals surface area contributed by atoms with Crippen molar-refractivity contribution in [2.45, 2.75) is 24.2 Å². The van der Waals surface area contributed by atoms with E-state index in [9.17, 15) is 22.7 Å². The van der Waals surface area contributed by atoms with E-state index in [1.165, 1.54) is 0 Å². The highest BCUT2D eigenvalue weighted by molar-refractivity contribution is 7.89. The maximum absolute atomic E-state index is 13.8. The third-order valence-corrected chi connectivity index (χ3v) is 7.51. The summed E-state index contributed by atoms with van der Waals surface area (Å²) in [5.41, 5.74) is -1.05. The van der Waals surface area contributed by atoms with Gasteiger partial charge in [-0.1, -0.05) is 29.6 Å². The van der Waals surface area contributed by atoms with E-state index in [0.717, 1.165) is 22.9 Å². The average Bonchev–Trinajstić information content (AvgIpc) is 3.02. The lowest BCUT2D eigenvalue weighted by atomic mass is 9.81. The third kappa shape index (κ3) is 2.45. The molecule has 1 heterocycles. The Morgan fingerprint density at radius 3 is 2.70 bits per heavy atom. The fourth-order valence-electron chi connectivity index (χ4n) is 3.62. The maximum Gasteiger partial charge on any atom is 0.311 e. The van der Waals surface area contributed by atoms with E-state index in [0.29, 0.717) is 12.8 Å². The maximum atomic E-state index is 13.8. The van der Waals surface area contributed by atoms with Crippen molar-refractivity contribution in [3.8, 4) is 0 Å². The number of aliphatic carboxylic acids is 1. The van der Waals surface area contributed by atoms with E-state index in [2.05, 4.69) is 0 Å². The lowest BCUT2D eigenvalue weighted by molar-refractivity contribution is -0.149. The number of benzene rings is 1. The number of halogens is 3. The van der Waals surface area contributed by atoms with Crippen molar-refractivity contribution in [2.75, 3.05) is 13.1 Å². The molecule has 1 aromatic carbocycles. The number of nitrogens with zero attached hydrogens (tertiary/aromatic N) is 1. The Morgan fingerprint density at radius 2 is 2.09 bits per heavy atom. The molecule has 0 aromatic heterocycles. The molecular formula is C14H14Cl2FNO4S. The lowest BCUT2D eigenvalue weighted by Gasteiger charge is -2.23. The highest BCUT2D eigenvalue weighted by Gasteiger charge is 2.57. The van der Waals surface area contributed by atoms with Crippen LogP contribution in [0, 0.1) is 17.2 Å². The number of carboxylic acids is 1. The van der Waals surface area contributed by atoms with Crippen LogP contribution in [0.2, 0.25) is 10.0 Å². The Morgan fingerprint density at radius 1 is 1.39 bits per heavy atom. The summed E-state index contributed by atoms with van der Waals surface area (Å²) in [7, 11) is -4.08. The van der Waals surface area contributed by atoms with Gasteiger partial charge in [0.1, 0.15) is 4.90 Å². The zero-order valence-corrected chi connectivity index (χ0v) is 14.3. The van der Waals surface area contributed by atoms with E-state index >= 15 is 0 Å². The van der Waals surface area contributed by atoms with Gasteiger partial charge in [0.15, 0.2) is 5.82 Å². The molecule has 1 saturated heterocycles. The molecule has 2 aliphatic rings. The molecule has 126 valence electrons. The second-order valence-electron chi connectivity index (χ2n) is 6.02. The van der Waals surface area contributed by atoms with Crippen LogP contribution in [0.15, 0.2) is 17.0 Å². The first-order chi connectivity index (χ1) is 10.7. The Kier molecular flexibility index (Phi) is 4.11. The van der Waals surface area contributed by atoms with Crippen LogP contribution in [0.1, 0.15) is 19.3 Å².